The van der Waals surface area contributed by atoms with Gasteiger partial charge < -0.3 is 10.6 Å². The molecule has 2 rings (SSSR count). The van der Waals surface area contributed by atoms with E-state index in [0.29, 0.717) is 6.54 Å². The zero-order chi connectivity index (χ0) is 11.5. The lowest BCUT2D eigenvalue weighted by molar-refractivity contribution is -0.119. The maximum absolute atomic E-state index is 13.2. The molecule has 86 valence electrons. The highest BCUT2D eigenvalue weighted by Crippen LogP contribution is 2.17. The zero-order valence-electron chi connectivity index (χ0n) is 8.59. The summed E-state index contributed by atoms with van der Waals surface area (Å²) in [5, 5.41) is 5.51. The predicted octanol–water partition coefficient (Wildman–Crippen LogP) is 1.51. The third kappa shape index (κ3) is 2.36. The van der Waals surface area contributed by atoms with Gasteiger partial charge in [-0.15, -0.1) is 0 Å². The summed E-state index contributed by atoms with van der Waals surface area (Å²) in [6.45, 7) is 1.40. The van der Waals surface area contributed by atoms with Gasteiger partial charge in [0.25, 0.3) is 0 Å². The number of nitrogens with one attached hydrogen (secondary N) is 2. The molecule has 0 aliphatic carbocycles. The fourth-order valence-corrected chi connectivity index (χ4v) is 1.70. The maximum Gasteiger partial charge on any atom is 0.228 e. The van der Waals surface area contributed by atoms with Gasteiger partial charge in [0.2, 0.25) is 5.91 Å². The summed E-state index contributed by atoms with van der Waals surface area (Å²) in [7, 11) is 0. The maximum atomic E-state index is 13.2. The van der Waals surface area contributed by atoms with Crippen LogP contribution in [0.25, 0.3) is 0 Å². The Balaban J connectivity index is 2.05. The molecule has 1 aromatic carbocycles. The largest absolute Gasteiger partial charge is 0.323 e. The molecule has 5 heteroatoms. The van der Waals surface area contributed by atoms with Crippen molar-refractivity contribution in [1.29, 1.82) is 0 Å². The van der Waals surface area contributed by atoms with Crippen LogP contribution < -0.4 is 10.6 Å². The summed E-state index contributed by atoms with van der Waals surface area (Å²) in [5.41, 5.74) is 0.0262. The Morgan fingerprint density at radius 3 is 2.88 bits per heavy atom. The molecule has 1 aliphatic rings. The average molecular weight is 226 g/mol. The average Bonchev–Trinajstić information content (AvgIpc) is 2.75. The van der Waals surface area contributed by atoms with Crippen LogP contribution in [0, 0.1) is 17.6 Å². The molecule has 2 N–H and O–H groups in total. The Labute approximate surface area is 91.8 Å². The lowest BCUT2D eigenvalue weighted by Crippen LogP contribution is -2.25. The van der Waals surface area contributed by atoms with Gasteiger partial charge in [-0.1, -0.05) is 0 Å². The molecule has 1 heterocycles. The van der Waals surface area contributed by atoms with Gasteiger partial charge >= 0.3 is 0 Å². The van der Waals surface area contributed by atoms with Crippen LogP contribution in [0.4, 0.5) is 14.5 Å². The zero-order valence-corrected chi connectivity index (χ0v) is 8.59. The summed E-state index contributed by atoms with van der Waals surface area (Å²) in [4.78, 5) is 11.6. The van der Waals surface area contributed by atoms with Crippen molar-refractivity contribution in [1.82, 2.24) is 5.32 Å². The molecule has 0 aromatic heterocycles. The molecule has 0 saturated carbocycles. The molecular weight excluding hydrogens is 214 g/mol. The van der Waals surface area contributed by atoms with E-state index in [4.69, 9.17) is 0 Å². The molecule has 1 atom stereocenters. The number of anilines is 1. The first-order valence-corrected chi connectivity index (χ1v) is 5.13. The Hall–Kier alpha value is -1.49. The molecule has 1 saturated heterocycles. The smallest absolute Gasteiger partial charge is 0.228 e. The number of benzene rings is 1. The Bertz CT molecular complexity index is 403. The predicted molar refractivity (Wildman–Crippen MR) is 56.0 cm³/mol. The molecule has 1 aromatic rings. The molecule has 1 amide bonds. The lowest BCUT2D eigenvalue weighted by atomic mass is 10.1. The second-order valence-corrected chi connectivity index (χ2v) is 3.80. The van der Waals surface area contributed by atoms with Crippen molar-refractivity contribution in [2.75, 3.05) is 18.4 Å². The summed E-state index contributed by atoms with van der Waals surface area (Å²) in [5.74, 6) is -1.77. The van der Waals surface area contributed by atoms with Crippen molar-refractivity contribution in [3.8, 4) is 0 Å². The van der Waals surface area contributed by atoms with Crippen LogP contribution in [-0.4, -0.2) is 19.0 Å². The first-order chi connectivity index (χ1) is 7.66. The van der Waals surface area contributed by atoms with Gasteiger partial charge in [0.1, 0.15) is 11.6 Å². The van der Waals surface area contributed by atoms with Gasteiger partial charge in [0.15, 0.2) is 0 Å². The van der Waals surface area contributed by atoms with Crippen LogP contribution in [0.3, 0.4) is 0 Å². The lowest BCUT2D eigenvalue weighted by Gasteiger charge is -2.10. The molecule has 0 radical (unpaired) electrons. The fourth-order valence-electron chi connectivity index (χ4n) is 1.70. The third-order valence-corrected chi connectivity index (χ3v) is 2.62. The summed E-state index contributed by atoms with van der Waals surface area (Å²) >= 11 is 0. The van der Waals surface area contributed by atoms with Crippen molar-refractivity contribution in [2.45, 2.75) is 6.42 Å². The van der Waals surface area contributed by atoms with Crippen molar-refractivity contribution in [3.05, 3.63) is 29.8 Å². The molecular formula is C11H12F2N2O. The second-order valence-electron chi connectivity index (χ2n) is 3.80. The fraction of sp³-hybridized carbons (Fsp3) is 0.364. The molecule has 3 nitrogen and oxygen atoms in total. The van der Waals surface area contributed by atoms with Gasteiger partial charge in [0, 0.05) is 12.6 Å². The third-order valence-electron chi connectivity index (χ3n) is 2.62. The molecule has 1 aliphatic heterocycles. The SMILES string of the molecule is O=C(Nc1ccc(F)cc1F)[C@H]1CCNC1. The van der Waals surface area contributed by atoms with Crippen LogP contribution in [-0.2, 0) is 4.79 Å². The highest BCUT2D eigenvalue weighted by molar-refractivity contribution is 5.93. The Morgan fingerprint density at radius 2 is 2.25 bits per heavy atom. The standard InChI is InChI=1S/C11H12F2N2O/c12-8-1-2-10(9(13)5-8)15-11(16)7-3-4-14-6-7/h1-2,5,7,14H,3-4,6H2,(H,15,16)/t7-/m0/s1. The molecule has 0 bridgehead atoms. The number of amides is 1. The van der Waals surface area contributed by atoms with Gasteiger partial charge in [0.05, 0.1) is 11.6 Å². The topological polar surface area (TPSA) is 41.1 Å². The van der Waals surface area contributed by atoms with E-state index in [-0.39, 0.29) is 17.5 Å². The number of hydrogen-bond donors (Lipinski definition) is 2. The number of carbonyl (C=O) groups excluding carboxylic acids is 1. The van der Waals surface area contributed by atoms with Crippen LogP contribution in [0.15, 0.2) is 18.2 Å². The Morgan fingerprint density at radius 1 is 1.44 bits per heavy atom. The van der Waals surface area contributed by atoms with Crippen LogP contribution in [0.2, 0.25) is 0 Å². The van der Waals surface area contributed by atoms with Gasteiger partial charge in [-0.3, -0.25) is 4.79 Å². The van der Waals surface area contributed by atoms with Gasteiger partial charge in [-0.2, -0.15) is 0 Å². The van der Waals surface area contributed by atoms with E-state index in [1.807, 2.05) is 0 Å². The minimum Gasteiger partial charge on any atom is -0.323 e. The second kappa shape index (κ2) is 4.57. The number of hydrogen-bond acceptors (Lipinski definition) is 2. The van der Waals surface area contributed by atoms with E-state index < -0.39 is 11.6 Å². The van der Waals surface area contributed by atoms with E-state index >= 15 is 0 Å². The first-order valence-electron chi connectivity index (χ1n) is 5.13. The van der Waals surface area contributed by atoms with Crippen molar-refractivity contribution in [3.63, 3.8) is 0 Å². The number of halogens is 2. The highest BCUT2D eigenvalue weighted by Gasteiger charge is 2.22. The van der Waals surface area contributed by atoms with Crippen molar-refractivity contribution in [2.24, 2.45) is 5.92 Å². The molecule has 16 heavy (non-hydrogen) atoms. The normalized spacial score (nSPS) is 19.8. The molecule has 0 unspecified atom stereocenters. The molecule has 0 spiro atoms. The first kappa shape index (κ1) is 11.0. The van der Waals surface area contributed by atoms with E-state index in [1.165, 1.54) is 6.07 Å². The minimum absolute atomic E-state index is 0.0262. The van der Waals surface area contributed by atoms with E-state index in [1.54, 1.807) is 0 Å². The number of rotatable bonds is 2. The summed E-state index contributed by atoms with van der Waals surface area (Å²) < 4.78 is 25.9. The van der Waals surface area contributed by atoms with Crippen LogP contribution in [0.5, 0.6) is 0 Å². The number of carbonyl (C=O) groups is 1. The van der Waals surface area contributed by atoms with Gasteiger partial charge in [-0.25, -0.2) is 8.78 Å². The highest BCUT2D eigenvalue weighted by atomic mass is 19.1. The van der Waals surface area contributed by atoms with E-state index in [2.05, 4.69) is 10.6 Å². The monoisotopic (exact) mass is 226 g/mol. The quantitative estimate of drug-likeness (QED) is 0.802. The minimum atomic E-state index is -0.751. The van der Waals surface area contributed by atoms with Crippen molar-refractivity contribution >= 4 is 11.6 Å². The van der Waals surface area contributed by atoms with Gasteiger partial charge in [-0.05, 0) is 25.1 Å². The summed E-state index contributed by atoms with van der Waals surface area (Å²) in [6, 6.07) is 3.10. The summed E-state index contributed by atoms with van der Waals surface area (Å²) in [6.07, 6.45) is 0.745. The van der Waals surface area contributed by atoms with E-state index in [9.17, 15) is 13.6 Å². The van der Waals surface area contributed by atoms with Crippen molar-refractivity contribution < 1.29 is 13.6 Å². The Kier molecular flexibility index (Phi) is 3.14. The van der Waals surface area contributed by atoms with Crippen LogP contribution in [0.1, 0.15) is 6.42 Å². The van der Waals surface area contributed by atoms with Crippen LogP contribution >= 0.6 is 0 Å². The molecule has 1 fully saturated rings. The van der Waals surface area contributed by atoms with E-state index in [0.717, 1.165) is 25.1 Å².